The molecule has 1 aromatic heterocycles. The highest BCUT2D eigenvalue weighted by Gasteiger charge is 2.34. The fraction of sp³-hybridized carbons (Fsp3) is 0.643. The van der Waals surface area contributed by atoms with Crippen molar-refractivity contribution >= 4 is 5.91 Å². The van der Waals surface area contributed by atoms with Crippen LogP contribution in [0.3, 0.4) is 0 Å². The Bertz CT molecular complexity index is 418. The zero-order chi connectivity index (χ0) is 13.1. The van der Waals surface area contributed by atoms with Crippen LogP contribution < -0.4 is 5.32 Å². The van der Waals surface area contributed by atoms with Crippen molar-refractivity contribution < 1.29 is 14.3 Å². The number of hydrogen-bond donors (Lipinski definition) is 1. The van der Waals surface area contributed by atoms with Crippen molar-refractivity contribution in [1.82, 2.24) is 9.88 Å². The Kier molecular flexibility index (Phi) is 3.84. The molecular formula is C14H20N2O3. The first kappa shape index (κ1) is 12.7. The van der Waals surface area contributed by atoms with E-state index in [4.69, 9.17) is 9.47 Å². The monoisotopic (exact) mass is 264 g/mol. The van der Waals surface area contributed by atoms with E-state index in [1.54, 1.807) is 0 Å². The van der Waals surface area contributed by atoms with Gasteiger partial charge in [0.25, 0.3) is 0 Å². The molecule has 2 aliphatic rings. The zero-order valence-corrected chi connectivity index (χ0v) is 11.0. The molecule has 5 heteroatoms. The van der Waals surface area contributed by atoms with Gasteiger partial charge in [0, 0.05) is 18.4 Å². The van der Waals surface area contributed by atoms with Crippen molar-refractivity contribution in [3.8, 4) is 0 Å². The molecule has 1 aliphatic carbocycles. The Morgan fingerprint density at radius 1 is 1.16 bits per heavy atom. The molecule has 104 valence electrons. The summed E-state index contributed by atoms with van der Waals surface area (Å²) in [5.74, 6) is 0.0661. The third-order valence-electron chi connectivity index (χ3n) is 3.84. The molecule has 0 spiro atoms. The Morgan fingerprint density at radius 3 is 2.68 bits per heavy atom. The van der Waals surface area contributed by atoms with E-state index in [0.29, 0.717) is 19.8 Å². The molecule has 2 fully saturated rings. The molecule has 0 radical (unpaired) electrons. The molecule has 0 aromatic carbocycles. The van der Waals surface area contributed by atoms with E-state index < -0.39 is 0 Å². The number of aromatic nitrogens is 1. The summed E-state index contributed by atoms with van der Waals surface area (Å²) in [5, 5.41) is 3.09. The molecule has 1 aliphatic heterocycles. The zero-order valence-electron chi connectivity index (χ0n) is 11.0. The van der Waals surface area contributed by atoms with Crippen molar-refractivity contribution in [2.45, 2.75) is 44.1 Å². The molecule has 1 saturated heterocycles. The van der Waals surface area contributed by atoms with Crippen molar-refractivity contribution in [3.05, 3.63) is 24.5 Å². The van der Waals surface area contributed by atoms with Gasteiger partial charge in [-0.1, -0.05) is 0 Å². The number of hydrogen-bond acceptors (Lipinski definition) is 3. The predicted octanol–water partition coefficient (Wildman–Crippen LogP) is 0.941. The van der Waals surface area contributed by atoms with E-state index >= 15 is 0 Å². The Labute approximate surface area is 112 Å². The van der Waals surface area contributed by atoms with E-state index in [0.717, 1.165) is 19.3 Å². The number of nitrogens with one attached hydrogen (secondary N) is 1. The highest BCUT2D eigenvalue weighted by molar-refractivity contribution is 5.76. The maximum Gasteiger partial charge on any atom is 0.240 e. The van der Waals surface area contributed by atoms with Crippen LogP contribution in [-0.4, -0.2) is 41.9 Å². The largest absolute Gasteiger partial charge is 0.373 e. The maximum absolute atomic E-state index is 11.9. The van der Waals surface area contributed by atoms with E-state index in [1.807, 2.05) is 29.1 Å². The van der Waals surface area contributed by atoms with Gasteiger partial charge in [-0.15, -0.1) is 0 Å². The van der Waals surface area contributed by atoms with Crippen LogP contribution in [0.2, 0.25) is 0 Å². The Morgan fingerprint density at radius 2 is 1.89 bits per heavy atom. The topological polar surface area (TPSA) is 52.5 Å². The fourth-order valence-corrected chi connectivity index (χ4v) is 2.91. The molecule has 5 nitrogen and oxygen atoms in total. The summed E-state index contributed by atoms with van der Waals surface area (Å²) in [7, 11) is 0. The molecule has 2 heterocycles. The van der Waals surface area contributed by atoms with Crippen molar-refractivity contribution in [2.75, 3.05) is 13.2 Å². The van der Waals surface area contributed by atoms with Gasteiger partial charge in [-0.3, -0.25) is 4.79 Å². The SMILES string of the molecule is O=C(Cn1cccc1)NC1CCC2OCCOC2C1. The van der Waals surface area contributed by atoms with Crippen LogP contribution >= 0.6 is 0 Å². The van der Waals surface area contributed by atoms with Gasteiger partial charge in [0.2, 0.25) is 5.91 Å². The number of carbonyl (C=O) groups excluding carboxylic acids is 1. The van der Waals surface area contributed by atoms with Gasteiger partial charge in [0.1, 0.15) is 6.54 Å². The minimum absolute atomic E-state index is 0.0661. The van der Waals surface area contributed by atoms with E-state index in [-0.39, 0.29) is 24.2 Å². The average Bonchev–Trinajstić information content (AvgIpc) is 2.91. The fourth-order valence-electron chi connectivity index (χ4n) is 2.91. The lowest BCUT2D eigenvalue weighted by Gasteiger charge is -2.39. The summed E-state index contributed by atoms with van der Waals surface area (Å²) >= 11 is 0. The van der Waals surface area contributed by atoms with E-state index in [9.17, 15) is 4.79 Å². The summed E-state index contributed by atoms with van der Waals surface area (Å²) in [6.45, 7) is 1.76. The van der Waals surface area contributed by atoms with Gasteiger partial charge in [-0.2, -0.15) is 0 Å². The minimum Gasteiger partial charge on any atom is -0.373 e. The minimum atomic E-state index is 0.0661. The van der Waals surface area contributed by atoms with Crippen LogP contribution in [0, 0.1) is 0 Å². The highest BCUT2D eigenvalue weighted by atomic mass is 16.6. The normalized spacial score (nSPS) is 30.6. The van der Waals surface area contributed by atoms with Crippen LogP contribution in [0.15, 0.2) is 24.5 Å². The van der Waals surface area contributed by atoms with Crippen LogP contribution in [-0.2, 0) is 20.8 Å². The lowest BCUT2D eigenvalue weighted by atomic mass is 9.89. The molecule has 3 atom stereocenters. The number of rotatable bonds is 3. The average molecular weight is 264 g/mol. The molecule has 19 heavy (non-hydrogen) atoms. The molecule has 1 aromatic rings. The van der Waals surface area contributed by atoms with Gasteiger partial charge >= 0.3 is 0 Å². The summed E-state index contributed by atoms with van der Waals surface area (Å²) in [5.41, 5.74) is 0. The van der Waals surface area contributed by atoms with Gasteiger partial charge in [-0.25, -0.2) is 0 Å². The molecule has 0 bridgehead atoms. The van der Waals surface area contributed by atoms with Gasteiger partial charge < -0.3 is 19.4 Å². The molecular weight excluding hydrogens is 244 g/mol. The lowest BCUT2D eigenvalue weighted by molar-refractivity contribution is -0.158. The van der Waals surface area contributed by atoms with E-state index in [2.05, 4.69) is 5.32 Å². The summed E-state index contributed by atoms with van der Waals surface area (Å²) in [6, 6.07) is 4.06. The second-order valence-electron chi connectivity index (χ2n) is 5.25. The molecule has 3 unspecified atom stereocenters. The Hall–Kier alpha value is -1.33. The summed E-state index contributed by atoms with van der Waals surface area (Å²) in [6.07, 6.45) is 6.98. The summed E-state index contributed by atoms with van der Waals surface area (Å²) < 4.78 is 13.3. The number of fused-ring (bicyclic) bond motifs is 1. The van der Waals surface area contributed by atoms with E-state index in [1.165, 1.54) is 0 Å². The van der Waals surface area contributed by atoms with Crippen LogP contribution in [0.1, 0.15) is 19.3 Å². The number of ether oxygens (including phenoxy) is 2. The standard InChI is InChI=1S/C14H20N2O3/c17-14(10-16-5-1-2-6-16)15-11-3-4-12-13(9-11)19-8-7-18-12/h1-2,5-6,11-13H,3-4,7-10H2,(H,15,17). The lowest BCUT2D eigenvalue weighted by Crippen LogP contribution is -2.49. The summed E-state index contributed by atoms with van der Waals surface area (Å²) in [4.78, 5) is 11.9. The van der Waals surface area contributed by atoms with Crippen LogP contribution in [0.4, 0.5) is 0 Å². The smallest absolute Gasteiger partial charge is 0.240 e. The first-order valence-electron chi connectivity index (χ1n) is 6.94. The predicted molar refractivity (Wildman–Crippen MR) is 69.7 cm³/mol. The number of carbonyl (C=O) groups is 1. The first-order chi connectivity index (χ1) is 9.31. The molecule has 1 N–H and O–H groups in total. The maximum atomic E-state index is 11.9. The molecule has 1 amide bonds. The highest BCUT2D eigenvalue weighted by Crippen LogP contribution is 2.26. The second kappa shape index (κ2) is 5.75. The second-order valence-corrected chi connectivity index (χ2v) is 5.25. The number of amides is 1. The van der Waals surface area contributed by atoms with Crippen molar-refractivity contribution in [3.63, 3.8) is 0 Å². The van der Waals surface area contributed by atoms with Crippen molar-refractivity contribution in [1.29, 1.82) is 0 Å². The molecule has 3 rings (SSSR count). The molecule has 1 saturated carbocycles. The van der Waals surface area contributed by atoms with Crippen LogP contribution in [0.25, 0.3) is 0 Å². The Balaban J connectivity index is 1.49. The van der Waals surface area contributed by atoms with Gasteiger partial charge in [0.15, 0.2) is 0 Å². The quantitative estimate of drug-likeness (QED) is 0.884. The van der Waals surface area contributed by atoms with Crippen molar-refractivity contribution in [2.24, 2.45) is 0 Å². The third kappa shape index (κ3) is 3.16. The van der Waals surface area contributed by atoms with Crippen LogP contribution in [0.5, 0.6) is 0 Å². The number of nitrogens with zero attached hydrogens (tertiary/aromatic N) is 1. The van der Waals surface area contributed by atoms with Gasteiger partial charge in [-0.05, 0) is 31.4 Å². The van der Waals surface area contributed by atoms with Gasteiger partial charge in [0.05, 0.1) is 25.4 Å². The first-order valence-corrected chi connectivity index (χ1v) is 6.94. The third-order valence-corrected chi connectivity index (χ3v) is 3.84.